The molecule has 1 aliphatic rings. The second-order valence-electron chi connectivity index (χ2n) is 5.87. The Morgan fingerprint density at radius 3 is 2.43 bits per heavy atom. The van der Waals surface area contributed by atoms with Gasteiger partial charge < -0.3 is 11.1 Å². The monoisotopic (exact) mass is 310 g/mol. The van der Waals surface area contributed by atoms with Crippen LogP contribution in [0.1, 0.15) is 56.9 Å². The van der Waals surface area contributed by atoms with Gasteiger partial charge in [0.1, 0.15) is 0 Å². The molecule has 21 heavy (non-hydrogen) atoms. The van der Waals surface area contributed by atoms with Crippen LogP contribution in [0.4, 0.5) is 0 Å². The lowest BCUT2D eigenvalue weighted by Gasteiger charge is -2.28. The third-order valence-corrected chi connectivity index (χ3v) is 4.21. The number of benzene rings is 1. The van der Waals surface area contributed by atoms with Crippen LogP contribution in [0.2, 0.25) is 0 Å². The first-order valence-electron chi connectivity index (χ1n) is 7.81. The van der Waals surface area contributed by atoms with Crippen LogP contribution in [-0.4, -0.2) is 18.0 Å². The lowest BCUT2D eigenvalue weighted by molar-refractivity contribution is -0.123. The summed E-state index contributed by atoms with van der Waals surface area (Å²) < 4.78 is 0. The summed E-state index contributed by atoms with van der Waals surface area (Å²) in [5, 5.41) is 3.23. The van der Waals surface area contributed by atoms with Crippen molar-refractivity contribution in [2.75, 3.05) is 0 Å². The molecular weight excluding hydrogens is 284 g/mol. The molecule has 3 N–H and O–H groups in total. The second kappa shape index (κ2) is 9.06. The van der Waals surface area contributed by atoms with Crippen LogP contribution in [0.3, 0.4) is 0 Å². The van der Waals surface area contributed by atoms with Gasteiger partial charge in [-0.25, -0.2) is 0 Å². The average molecular weight is 311 g/mol. The molecule has 0 saturated heterocycles. The van der Waals surface area contributed by atoms with E-state index in [1.54, 1.807) is 0 Å². The minimum Gasteiger partial charge on any atom is -0.353 e. The van der Waals surface area contributed by atoms with Gasteiger partial charge in [0.25, 0.3) is 0 Å². The molecule has 0 radical (unpaired) electrons. The van der Waals surface area contributed by atoms with Crippen molar-refractivity contribution in [1.82, 2.24) is 5.32 Å². The first-order valence-corrected chi connectivity index (χ1v) is 7.81. The van der Waals surface area contributed by atoms with Crippen molar-refractivity contribution in [3.8, 4) is 0 Å². The van der Waals surface area contributed by atoms with Gasteiger partial charge in [-0.05, 0) is 37.7 Å². The molecule has 1 unspecified atom stereocenters. The molecular formula is C17H27ClN2O. The summed E-state index contributed by atoms with van der Waals surface area (Å²) >= 11 is 0. The number of halogens is 1. The van der Waals surface area contributed by atoms with E-state index in [9.17, 15) is 4.79 Å². The van der Waals surface area contributed by atoms with Crippen LogP contribution < -0.4 is 11.1 Å². The van der Waals surface area contributed by atoms with E-state index < -0.39 is 0 Å². The number of rotatable bonds is 5. The highest BCUT2D eigenvalue weighted by Crippen LogP contribution is 2.23. The number of nitrogens with one attached hydrogen (secondary N) is 1. The van der Waals surface area contributed by atoms with Gasteiger partial charge in [-0.15, -0.1) is 12.4 Å². The summed E-state index contributed by atoms with van der Waals surface area (Å²) in [6, 6.07) is 10.7. The molecule has 0 heterocycles. The number of hydrogen-bond acceptors (Lipinski definition) is 2. The molecule has 1 saturated carbocycles. The fourth-order valence-corrected chi connectivity index (χ4v) is 2.99. The van der Waals surface area contributed by atoms with Crippen LogP contribution in [0.5, 0.6) is 0 Å². The maximum absolute atomic E-state index is 12.5. The third kappa shape index (κ3) is 5.33. The number of nitrogens with two attached hydrogens (primary N) is 1. The molecule has 1 aromatic carbocycles. The van der Waals surface area contributed by atoms with E-state index in [0.29, 0.717) is 12.1 Å². The summed E-state index contributed by atoms with van der Waals surface area (Å²) in [6.07, 6.45) is 6.00. The van der Waals surface area contributed by atoms with Crippen molar-refractivity contribution in [1.29, 1.82) is 0 Å². The van der Waals surface area contributed by atoms with Crippen LogP contribution in [0, 0.1) is 0 Å². The minimum atomic E-state index is -0.0169. The summed E-state index contributed by atoms with van der Waals surface area (Å²) in [6.45, 7) is 2.13. The highest BCUT2D eigenvalue weighted by atomic mass is 35.5. The second-order valence-corrected chi connectivity index (χ2v) is 5.87. The zero-order valence-corrected chi connectivity index (χ0v) is 13.6. The third-order valence-electron chi connectivity index (χ3n) is 4.21. The van der Waals surface area contributed by atoms with Crippen molar-refractivity contribution in [3.63, 3.8) is 0 Å². The topological polar surface area (TPSA) is 55.1 Å². The largest absolute Gasteiger partial charge is 0.353 e. The van der Waals surface area contributed by atoms with Gasteiger partial charge in [0.15, 0.2) is 0 Å². The Kier molecular flexibility index (Phi) is 7.76. The summed E-state index contributed by atoms with van der Waals surface area (Å²) in [5.41, 5.74) is 7.04. The van der Waals surface area contributed by atoms with Crippen LogP contribution in [0.15, 0.2) is 30.3 Å². The normalized spacial score (nSPS) is 23.0. The van der Waals surface area contributed by atoms with Gasteiger partial charge in [-0.1, -0.05) is 43.7 Å². The molecule has 1 aliphatic carbocycles. The molecule has 1 fully saturated rings. The molecule has 1 atom stereocenters. The summed E-state index contributed by atoms with van der Waals surface area (Å²) in [5.74, 6) is 0.162. The lowest BCUT2D eigenvalue weighted by atomic mass is 9.89. The SMILES string of the molecule is CCCC(C(=O)NC1CCC(N)CC1)c1ccccc1.Cl. The minimum absolute atomic E-state index is 0. The van der Waals surface area contributed by atoms with E-state index in [1.807, 2.05) is 18.2 Å². The summed E-state index contributed by atoms with van der Waals surface area (Å²) in [7, 11) is 0. The van der Waals surface area contributed by atoms with Crippen molar-refractivity contribution in [2.24, 2.45) is 5.73 Å². The van der Waals surface area contributed by atoms with Crippen molar-refractivity contribution >= 4 is 18.3 Å². The number of hydrogen-bond donors (Lipinski definition) is 2. The van der Waals surface area contributed by atoms with E-state index in [0.717, 1.165) is 44.1 Å². The van der Waals surface area contributed by atoms with E-state index in [1.165, 1.54) is 0 Å². The van der Waals surface area contributed by atoms with E-state index in [-0.39, 0.29) is 24.2 Å². The molecule has 118 valence electrons. The van der Waals surface area contributed by atoms with Gasteiger partial charge >= 0.3 is 0 Å². The van der Waals surface area contributed by atoms with Crippen LogP contribution in [-0.2, 0) is 4.79 Å². The fourth-order valence-electron chi connectivity index (χ4n) is 2.99. The van der Waals surface area contributed by atoms with Gasteiger partial charge in [-0.2, -0.15) is 0 Å². The zero-order chi connectivity index (χ0) is 14.4. The lowest BCUT2D eigenvalue weighted by Crippen LogP contribution is -2.42. The Bertz CT molecular complexity index is 416. The maximum Gasteiger partial charge on any atom is 0.227 e. The molecule has 0 aromatic heterocycles. The Labute approximate surface area is 134 Å². The Hall–Kier alpha value is -1.06. The maximum atomic E-state index is 12.5. The molecule has 0 aliphatic heterocycles. The molecule has 0 spiro atoms. The first kappa shape index (κ1) is 18.0. The molecule has 0 bridgehead atoms. The van der Waals surface area contributed by atoms with Crippen molar-refractivity contribution < 1.29 is 4.79 Å². The van der Waals surface area contributed by atoms with Gasteiger partial charge in [0.05, 0.1) is 5.92 Å². The van der Waals surface area contributed by atoms with Crippen LogP contribution in [0.25, 0.3) is 0 Å². The zero-order valence-electron chi connectivity index (χ0n) is 12.8. The van der Waals surface area contributed by atoms with E-state index in [4.69, 9.17) is 5.73 Å². The quantitative estimate of drug-likeness (QED) is 0.876. The molecule has 2 rings (SSSR count). The Morgan fingerprint density at radius 1 is 1.24 bits per heavy atom. The average Bonchev–Trinajstić information content (AvgIpc) is 2.48. The summed E-state index contributed by atoms with van der Waals surface area (Å²) in [4.78, 5) is 12.5. The molecule has 1 aromatic rings. The first-order chi connectivity index (χ1) is 9.70. The highest BCUT2D eigenvalue weighted by molar-refractivity contribution is 5.85. The molecule has 3 nitrogen and oxygen atoms in total. The molecule has 4 heteroatoms. The Morgan fingerprint density at radius 2 is 1.86 bits per heavy atom. The predicted octanol–water partition coefficient (Wildman–Crippen LogP) is 3.38. The fraction of sp³-hybridized carbons (Fsp3) is 0.588. The standard InChI is InChI=1S/C17H26N2O.ClH/c1-2-6-16(13-7-4-3-5-8-13)17(20)19-15-11-9-14(18)10-12-15;/h3-5,7-8,14-16H,2,6,9-12,18H2,1H3,(H,19,20);1H. The predicted molar refractivity (Wildman–Crippen MR) is 89.7 cm³/mol. The van der Waals surface area contributed by atoms with Gasteiger partial charge in [0, 0.05) is 12.1 Å². The van der Waals surface area contributed by atoms with Crippen molar-refractivity contribution in [3.05, 3.63) is 35.9 Å². The van der Waals surface area contributed by atoms with Gasteiger partial charge in [0.2, 0.25) is 5.91 Å². The van der Waals surface area contributed by atoms with E-state index in [2.05, 4.69) is 24.4 Å². The highest BCUT2D eigenvalue weighted by Gasteiger charge is 2.24. The smallest absolute Gasteiger partial charge is 0.227 e. The number of amides is 1. The number of carbonyl (C=O) groups excluding carboxylic acids is 1. The van der Waals surface area contributed by atoms with Crippen LogP contribution >= 0.6 is 12.4 Å². The number of carbonyl (C=O) groups is 1. The van der Waals surface area contributed by atoms with Crippen molar-refractivity contribution in [2.45, 2.75) is 63.5 Å². The van der Waals surface area contributed by atoms with Gasteiger partial charge in [-0.3, -0.25) is 4.79 Å². The Balaban J connectivity index is 0.00000220. The molecule has 1 amide bonds. The van der Waals surface area contributed by atoms with E-state index >= 15 is 0 Å².